The summed E-state index contributed by atoms with van der Waals surface area (Å²) < 4.78 is 28.2. The van der Waals surface area contributed by atoms with Gasteiger partial charge in [-0.15, -0.1) is 0 Å². The van der Waals surface area contributed by atoms with Gasteiger partial charge < -0.3 is 0 Å². The van der Waals surface area contributed by atoms with Crippen LogP contribution in [-0.4, -0.2) is 14.3 Å². The van der Waals surface area contributed by atoms with Gasteiger partial charge in [-0.1, -0.05) is 97.1 Å². The number of carbonyl (C=O) groups is 1. The number of hydrogen-bond donors (Lipinski definition) is 0. The second-order valence-electron chi connectivity index (χ2n) is 7.06. The van der Waals surface area contributed by atoms with Gasteiger partial charge in [0.2, 0.25) is 0 Å². The van der Waals surface area contributed by atoms with Gasteiger partial charge in [0.1, 0.15) is 0 Å². The SMILES string of the molecule is O=C(/C(=C/c1ccccc1)c1ccccc1)N(c1ccccc1)S(=O)(=O)c1ccccc1. The van der Waals surface area contributed by atoms with Crippen molar-refractivity contribution in [2.75, 3.05) is 4.31 Å². The van der Waals surface area contributed by atoms with Crippen LogP contribution in [0.3, 0.4) is 0 Å². The van der Waals surface area contributed by atoms with E-state index < -0.39 is 15.9 Å². The quantitative estimate of drug-likeness (QED) is 0.288. The van der Waals surface area contributed by atoms with Gasteiger partial charge in [-0.25, -0.2) is 8.42 Å². The molecule has 0 fully saturated rings. The Morgan fingerprint density at radius 1 is 0.625 bits per heavy atom. The van der Waals surface area contributed by atoms with Crippen LogP contribution in [0.2, 0.25) is 0 Å². The van der Waals surface area contributed by atoms with Crippen LogP contribution in [0.1, 0.15) is 11.1 Å². The first-order valence-corrected chi connectivity index (χ1v) is 11.5. The van der Waals surface area contributed by atoms with Crippen molar-refractivity contribution in [1.29, 1.82) is 0 Å². The van der Waals surface area contributed by atoms with Crippen LogP contribution in [0.5, 0.6) is 0 Å². The lowest BCUT2D eigenvalue weighted by Crippen LogP contribution is -2.37. The molecule has 32 heavy (non-hydrogen) atoms. The van der Waals surface area contributed by atoms with E-state index in [1.807, 2.05) is 48.5 Å². The summed E-state index contributed by atoms with van der Waals surface area (Å²) in [6.07, 6.45) is 1.72. The van der Waals surface area contributed by atoms with Crippen molar-refractivity contribution in [2.45, 2.75) is 4.90 Å². The molecule has 4 aromatic rings. The zero-order chi connectivity index (χ0) is 22.4. The summed E-state index contributed by atoms with van der Waals surface area (Å²) in [4.78, 5) is 14.0. The molecule has 0 aliphatic heterocycles. The summed E-state index contributed by atoms with van der Waals surface area (Å²) in [6, 6.07) is 34.9. The molecule has 0 atom stereocenters. The molecule has 4 aromatic carbocycles. The predicted octanol–water partition coefficient (Wildman–Crippen LogP) is 5.65. The van der Waals surface area contributed by atoms with Crippen LogP contribution < -0.4 is 4.31 Å². The van der Waals surface area contributed by atoms with Crippen molar-refractivity contribution in [3.8, 4) is 0 Å². The molecule has 5 heteroatoms. The fourth-order valence-electron chi connectivity index (χ4n) is 3.34. The minimum atomic E-state index is -4.16. The van der Waals surface area contributed by atoms with Crippen LogP contribution in [0.4, 0.5) is 5.69 Å². The van der Waals surface area contributed by atoms with Crippen LogP contribution in [0, 0.1) is 0 Å². The van der Waals surface area contributed by atoms with E-state index in [9.17, 15) is 13.2 Å². The zero-order valence-electron chi connectivity index (χ0n) is 17.2. The van der Waals surface area contributed by atoms with Gasteiger partial charge in [0.15, 0.2) is 0 Å². The largest absolute Gasteiger partial charge is 0.272 e. The van der Waals surface area contributed by atoms with Crippen molar-refractivity contribution in [1.82, 2.24) is 0 Å². The van der Waals surface area contributed by atoms with Gasteiger partial charge >= 0.3 is 0 Å². The molecule has 4 nitrogen and oxygen atoms in total. The Labute approximate surface area is 188 Å². The Morgan fingerprint density at radius 3 is 1.66 bits per heavy atom. The lowest BCUT2D eigenvalue weighted by Gasteiger charge is -2.24. The second-order valence-corrected chi connectivity index (χ2v) is 8.84. The van der Waals surface area contributed by atoms with Crippen molar-refractivity contribution < 1.29 is 13.2 Å². The van der Waals surface area contributed by atoms with Crippen molar-refractivity contribution in [2.24, 2.45) is 0 Å². The number of benzene rings is 4. The molecule has 4 rings (SSSR count). The molecule has 0 saturated heterocycles. The summed E-state index contributed by atoms with van der Waals surface area (Å²) in [5.41, 5.74) is 1.98. The third kappa shape index (κ3) is 4.53. The fourth-order valence-corrected chi connectivity index (χ4v) is 4.77. The highest BCUT2D eigenvalue weighted by atomic mass is 32.2. The minimum absolute atomic E-state index is 0.0457. The van der Waals surface area contributed by atoms with E-state index in [0.717, 1.165) is 9.87 Å². The Bertz CT molecular complexity index is 1320. The van der Waals surface area contributed by atoms with Crippen LogP contribution in [0.25, 0.3) is 11.6 Å². The van der Waals surface area contributed by atoms with Gasteiger partial charge in [0.05, 0.1) is 10.6 Å². The molecule has 0 aliphatic carbocycles. The van der Waals surface area contributed by atoms with E-state index in [-0.39, 0.29) is 16.2 Å². The maximum Gasteiger partial charge on any atom is 0.272 e. The predicted molar refractivity (Wildman–Crippen MR) is 128 cm³/mol. The molecule has 0 unspecified atom stereocenters. The van der Waals surface area contributed by atoms with Crippen LogP contribution in [0.15, 0.2) is 126 Å². The number of rotatable bonds is 6. The first-order chi connectivity index (χ1) is 15.6. The van der Waals surface area contributed by atoms with Crippen LogP contribution in [-0.2, 0) is 14.8 Å². The maximum absolute atomic E-state index is 13.9. The number of hydrogen-bond acceptors (Lipinski definition) is 3. The molecule has 0 aromatic heterocycles. The van der Waals surface area contributed by atoms with E-state index in [1.165, 1.54) is 12.1 Å². The first kappa shape index (κ1) is 21.3. The average molecular weight is 440 g/mol. The summed E-state index contributed by atoms with van der Waals surface area (Å²) in [5, 5.41) is 0. The number of sulfonamides is 1. The molecule has 158 valence electrons. The third-order valence-corrected chi connectivity index (χ3v) is 6.61. The molecule has 0 radical (unpaired) electrons. The summed E-state index contributed by atoms with van der Waals surface area (Å²) >= 11 is 0. The average Bonchev–Trinajstić information content (AvgIpc) is 2.85. The standard InChI is InChI=1S/C27H21NO3S/c29-27(26(23-15-7-2-8-16-23)21-22-13-5-1-6-14-22)28(24-17-9-3-10-18-24)32(30,31)25-19-11-4-12-20-25/h1-21H/b26-21+. The van der Waals surface area contributed by atoms with E-state index in [1.54, 1.807) is 66.7 Å². The van der Waals surface area contributed by atoms with E-state index >= 15 is 0 Å². The topological polar surface area (TPSA) is 54.5 Å². The van der Waals surface area contributed by atoms with Crippen molar-refractivity contribution in [3.05, 3.63) is 132 Å². The van der Waals surface area contributed by atoms with Gasteiger partial charge in [-0.3, -0.25) is 4.79 Å². The Balaban J connectivity index is 1.91. The molecular weight excluding hydrogens is 418 g/mol. The summed E-state index contributed by atoms with van der Waals surface area (Å²) in [6.45, 7) is 0. The smallest absolute Gasteiger partial charge is 0.268 e. The lowest BCUT2D eigenvalue weighted by molar-refractivity contribution is -0.112. The molecule has 0 saturated carbocycles. The molecule has 0 spiro atoms. The zero-order valence-corrected chi connectivity index (χ0v) is 18.0. The first-order valence-electron chi connectivity index (χ1n) is 10.1. The number of carbonyl (C=O) groups excluding carboxylic acids is 1. The molecular formula is C27H21NO3S. The summed E-state index contributed by atoms with van der Waals surface area (Å²) in [5.74, 6) is -0.630. The molecule has 0 aliphatic rings. The summed E-state index contributed by atoms with van der Waals surface area (Å²) in [7, 11) is -4.16. The Kier molecular flexibility index (Phi) is 6.29. The van der Waals surface area contributed by atoms with Gasteiger partial charge in [-0.2, -0.15) is 4.31 Å². The molecule has 0 N–H and O–H groups in total. The van der Waals surface area contributed by atoms with E-state index in [0.29, 0.717) is 5.56 Å². The minimum Gasteiger partial charge on any atom is -0.268 e. The highest BCUT2D eigenvalue weighted by molar-refractivity contribution is 7.93. The van der Waals surface area contributed by atoms with E-state index in [4.69, 9.17) is 0 Å². The molecule has 0 heterocycles. The maximum atomic E-state index is 13.9. The lowest BCUT2D eigenvalue weighted by atomic mass is 10.0. The number of anilines is 1. The molecule has 1 amide bonds. The Morgan fingerprint density at radius 2 is 1.09 bits per heavy atom. The monoisotopic (exact) mass is 439 g/mol. The number of para-hydroxylation sites is 1. The van der Waals surface area contributed by atoms with Gasteiger partial charge in [0.25, 0.3) is 15.9 Å². The highest BCUT2D eigenvalue weighted by Gasteiger charge is 2.33. The van der Waals surface area contributed by atoms with E-state index in [2.05, 4.69) is 0 Å². The third-order valence-electron chi connectivity index (χ3n) is 4.88. The highest BCUT2D eigenvalue weighted by Crippen LogP contribution is 2.29. The normalized spacial score (nSPS) is 11.7. The van der Waals surface area contributed by atoms with Crippen LogP contribution >= 0.6 is 0 Å². The van der Waals surface area contributed by atoms with Gasteiger partial charge in [0, 0.05) is 5.57 Å². The van der Waals surface area contributed by atoms with Gasteiger partial charge in [-0.05, 0) is 41.5 Å². The van der Waals surface area contributed by atoms with Crippen molar-refractivity contribution >= 4 is 33.3 Å². The Hall–Kier alpha value is -3.96. The van der Waals surface area contributed by atoms with Crippen molar-refractivity contribution in [3.63, 3.8) is 0 Å². The fraction of sp³-hybridized carbons (Fsp3) is 0. The number of amides is 1. The second kappa shape index (κ2) is 9.45. The number of nitrogens with zero attached hydrogens (tertiary/aromatic N) is 1. The molecule has 0 bridgehead atoms.